The highest BCUT2D eigenvalue weighted by atomic mass is 16.2. The van der Waals surface area contributed by atoms with E-state index >= 15 is 0 Å². The maximum atomic E-state index is 13.1. The maximum absolute atomic E-state index is 13.1. The van der Waals surface area contributed by atoms with Gasteiger partial charge in [-0.15, -0.1) is 0 Å². The van der Waals surface area contributed by atoms with Gasteiger partial charge in [-0.3, -0.25) is 4.79 Å². The van der Waals surface area contributed by atoms with Crippen molar-refractivity contribution >= 4 is 11.7 Å². The molecule has 1 atom stereocenters. The van der Waals surface area contributed by atoms with Crippen LogP contribution in [-0.4, -0.2) is 30.2 Å². The lowest BCUT2D eigenvalue weighted by atomic mass is 10.1. The highest BCUT2D eigenvalue weighted by molar-refractivity contribution is 5.93. The van der Waals surface area contributed by atoms with Gasteiger partial charge in [-0.1, -0.05) is 13.8 Å². The van der Waals surface area contributed by atoms with Crippen LogP contribution in [-0.2, 0) is 11.2 Å². The number of hydrogen-bond donors (Lipinski definition) is 2. The Hall–Kier alpha value is -2.83. The number of nitrogens with zero attached hydrogens (tertiary/aromatic N) is 4. The summed E-state index contributed by atoms with van der Waals surface area (Å²) in [6.07, 6.45) is 9.67. The molecule has 0 unspecified atom stereocenters. The topological polar surface area (TPSA) is 80.5 Å². The Balaban J connectivity index is 1.84. The van der Waals surface area contributed by atoms with Crippen LogP contribution < -0.4 is 5.32 Å². The average molecular weight is 354 g/mol. The van der Waals surface area contributed by atoms with Crippen LogP contribution in [0.2, 0.25) is 0 Å². The van der Waals surface area contributed by atoms with Crippen molar-refractivity contribution in [2.45, 2.75) is 52.1 Å². The second-order valence-electron chi connectivity index (χ2n) is 6.50. The third kappa shape index (κ3) is 3.87. The Morgan fingerprint density at radius 1 is 1.27 bits per heavy atom. The molecule has 3 aromatic rings. The minimum Gasteiger partial charge on any atom is -0.348 e. The van der Waals surface area contributed by atoms with Crippen molar-refractivity contribution in [3.63, 3.8) is 0 Å². The lowest BCUT2D eigenvalue weighted by molar-refractivity contribution is -0.119. The van der Waals surface area contributed by atoms with Gasteiger partial charge < -0.3 is 14.9 Å². The molecule has 0 aliphatic carbocycles. The molecular weight excluding hydrogens is 328 g/mol. The SMILES string of the molecule is CCC(CC)n1nc(C)cc1NC(=O)[C@H](Cc1cnc[nH]1)n1cccc1. The number of carbonyl (C=O) groups excluding carboxylic acids is 1. The summed E-state index contributed by atoms with van der Waals surface area (Å²) in [4.78, 5) is 20.2. The third-order valence-corrected chi connectivity index (χ3v) is 4.66. The van der Waals surface area contributed by atoms with Crippen LogP contribution >= 0.6 is 0 Å². The van der Waals surface area contributed by atoms with E-state index in [2.05, 4.69) is 34.2 Å². The van der Waals surface area contributed by atoms with Gasteiger partial charge in [-0.2, -0.15) is 5.10 Å². The molecule has 0 saturated heterocycles. The number of imidazole rings is 1. The van der Waals surface area contributed by atoms with Crippen molar-refractivity contribution in [1.82, 2.24) is 24.3 Å². The van der Waals surface area contributed by atoms with Gasteiger partial charge in [0.1, 0.15) is 11.9 Å². The van der Waals surface area contributed by atoms with Gasteiger partial charge in [0.15, 0.2) is 0 Å². The minimum absolute atomic E-state index is 0.0668. The molecule has 26 heavy (non-hydrogen) atoms. The molecular formula is C19H26N6O. The summed E-state index contributed by atoms with van der Waals surface area (Å²) in [6, 6.07) is 5.68. The number of carbonyl (C=O) groups is 1. The number of amides is 1. The summed E-state index contributed by atoms with van der Waals surface area (Å²) >= 11 is 0. The lowest BCUT2D eigenvalue weighted by Gasteiger charge is -2.21. The van der Waals surface area contributed by atoms with E-state index < -0.39 is 0 Å². The number of aromatic amines is 1. The zero-order valence-corrected chi connectivity index (χ0v) is 15.5. The molecule has 3 rings (SSSR count). The van der Waals surface area contributed by atoms with Crippen LogP contribution in [0.1, 0.15) is 50.2 Å². The molecule has 0 aliphatic heterocycles. The Labute approximate surface area is 153 Å². The predicted octanol–water partition coefficient (Wildman–Crippen LogP) is 3.50. The quantitative estimate of drug-likeness (QED) is 0.650. The highest BCUT2D eigenvalue weighted by Crippen LogP contribution is 2.23. The van der Waals surface area contributed by atoms with E-state index in [0.717, 1.165) is 30.0 Å². The van der Waals surface area contributed by atoms with Crippen molar-refractivity contribution in [3.8, 4) is 0 Å². The number of rotatable bonds is 8. The molecule has 138 valence electrons. The van der Waals surface area contributed by atoms with Crippen LogP contribution in [0.3, 0.4) is 0 Å². The first-order chi connectivity index (χ1) is 12.6. The summed E-state index contributed by atoms with van der Waals surface area (Å²) in [5, 5.41) is 7.67. The van der Waals surface area contributed by atoms with E-state index in [1.54, 1.807) is 12.5 Å². The van der Waals surface area contributed by atoms with Gasteiger partial charge in [0.25, 0.3) is 0 Å². The molecule has 0 radical (unpaired) electrons. The first-order valence-electron chi connectivity index (χ1n) is 9.09. The molecule has 0 aromatic carbocycles. The van der Waals surface area contributed by atoms with Crippen LogP contribution in [0.25, 0.3) is 0 Å². The third-order valence-electron chi connectivity index (χ3n) is 4.66. The zero-order valence-electron chi connectivity index (χ0n) is 15.5. The normalized spacial score (nSPS) is 12.5. The smallest absolute Gasteiger partial charge is 0.248 e. The molecule has 0 aliphatic rings. The van der Waals surface area contributed by atoms with Gasteiger partial charge in [0.05, 0.1) is 18.1 Å². The second kappa shape index (κ2) is 8.03. The van der Waals surface area contributed by atoms with Crippen LogP contribution in [0.4, 0.5) is 5.82 Å². The van der Waals surface area contributed by atoms with E-state index in [1.165, 1.54) is 0 Å². The van der Waals surface area contributed by atoms with Crippen molar-refractivity contribution < 1.29 is 4.79 Å². The summed E-state index contributed by atoms with van der Waals surface area (Å²) in [5.41, 5.74) is 1.82. The van der Waals surface area contributed by atoms with Crippen molar-refractivity contribution in [2.75, 3.05) is 5.32 Å². The Kier molecular flexibility index (Phi) is 5.55. The molecule has 0 saturated carbocycles. The van der Waals surface area contributed by atoms with Crippen molar-refractivity contribution in [1.29, 1.82) is 0 Å². The van der Waals surface area contributed by atoms with E-state index in [0.29, 0.717) is 6.42 Å². The average Bonchev–Trinajstić information content (AvgIpc) is 3.36. The fraction of sp³-hybridized carbons (Fsp3) is 0.421. The van der Waals surface area contributed by atoms with Crippen molar-refractivity contribution in [2.24, 2.45) is 0 Å². The fourth-order valence-electron chi connectivity index (χ4n) is 3.23. The van der Waals surface area contributed by atoms with Crippen LogP contribution in [0, 0.1) is 6.92 Å². The van der Waals surface area contributed by atoms with Gasteiger partial charge in [0.2, 0.25) is 5.91 Å². The van der Waals surface area contributed by atoms with Gasteiger partial charge in [0, 0.05) is 36.8 Å². The summed E-state index contributed by atoms with van der Waals surface area (Å²) in [6.45, 7) is 6.22. The summed E-state index contributed by atoms with van der Waals surface area (Å²) < 4.78 is 3.86. The number of H-pyrrole nitrogens is 1. The van der Waals surface area contributed by atoms with Crippen molar-refractivity contribution in [3.05, 3.63) is 54.5 Å². The lowest BCUT2D eigenvalue weighted by Crippen LogP contribution is -2.28. The summed E-state index contributed by atoms with van der Waals surface area (Å²) in [7, 11) is 0. The van der Waals surface area contributed by atoms with E-state index in [1.807, 2.05) is 46.8 Å². The Morgan fingerprint density at radius 2 is 2.00 bits per heavy atom. The first kappa shape index (κ1) is 18.0. The van der Waals surface area contributed by atoms with Gasteiger partial charge in [-0.05, 0) is 31.9 Å². The van der Waals surface area contributed by atoms with Crippen LogP contribution in [0.5, 0.6) is 0 Å². The van der Waals surface area contributed by atoms with Crippen LogP contribution in [0.15, 0.2) is 43.1 Å². The standard InChI is InChI=1S/C19H26N6O/c1-4-16(5-2)25-18(10-14(3)23-25)22-19(26)17(24-8-6-7-9-24)11-15-12-20-13-21-15/h6-10,12-13,16-17H,4-5,11H2,1-3H3,(H,20,21)(H,22,26)/t17-/m0/s1. The van der Waals surface area contributed by atoms with E-state index in [9.17, 15) is 4.79 Å². The Bertz CT molecular complexity index is 814. The molecule has 7 heteroatoms. The molecule has 3 heterocycles. The minimum atomic E-state index is -0.365. The second-order valence-corrected chi connectivity index (χ2v) is 6.50. The number of hydrogen-bond acceptors (Lipinski definition) is 3. The Morgan fingerprint density at radius 3 is 2.62 bits per heavy atom. The number of aromatic nitrogens is 5. The maximum Gasteiger partial charge on any atom is 0.248 e. The largest absolute Gasteiger partial charge is 0.348 e. The predicted molar refractivity (Wildman–Crippen MR) is 101 cm³/mol. The van der Waals surface area contributed by atoms with E-state index in [4.69, 9.17) is 0 Å². The highest BCUT2D eigenvalue weighted by Gasteiger charge is 2.23. The van der Waals surface area contributed by atoms with Gasteiger partial charge >= 0.3 is 0 Å². The first-order valence-corrected chi connectivity index (χ1v) is 9.09. The molecule has 2 N–H and O–H groups in total. The number of aryl methyl sites for hydroxylation is 1. The van der Waals surface area contributed by atoms with Gasteiger partial charge in [-0.25, -0.2) is 9.67 Å². The molecule has 0 bridgehead atoms. The summed E-state index contributed by atoms with van der Waals surface area (Å²) in [5.74, 6) is 0.686. The fourth-order valence-corrected chi connectivity index (χ4v) is 3.23. The number of nitrogens with one attached hydrogen (secondary N) is 2. The molecule has 0 spiro atoms. The molecule has 1 amide bonds. The molecule has 0 fully saturated rings. The number of anilines is 1. The van der Waals surface area contributed by atoms with E-state index in [-0.39, 0.29) is 18.0 Å². The zero-order chi connectivity index (χ0) is 18.5. The molecule has 3 aromatic heterocycles. The monoisotopic (exact) mass is 354 g/mol. The molecule has 7 nitrogen and oxygen atoms in total.